The topological polar surface area (TPSA) is 72.7 Å². The highest BCUT2D eigenvalue weighted by Crippen LogP contribution is 2.37. The SMILES string of the molecule is CC(=O)Cn1nnc(C2(c3ccccc3)CCNCC2)n1. The van der Waals surface area contributed by atoms with E-state index in [1.165, 1.54) is 17.3 Å². The minimum Gasteiger partial charge on any atom is -0.317 e. The number of ketones is 1. The maximum Gasteiger partial charge on any atom is 0.185 e. The molecule has 0 saturated carbocycles. The third-order valence-electron chi connectivity index (χ3n) is 4.03. The summed E-state index contributed by atoms with van der Waals surface area (Å²) in [6.07, 6.45) is 1.87. The number of tetrazole rings is 1. The molecule has 0 unspecified atom stereocenters. The average molecular weight is 285 g/mol. The second-order valence-electron chi connectivity index (χ2n) is 5.54. The lowest BCUT2D eigenvalue weighted by atomic mass is 9.72. The summed E-state index contributed by atoms with van der Waals surface area (Å²) in [6, 6.07) is 10.3. The first-order chi connectivity index (χ1) is 10.2. The second-order valence-corrected chi connectivity index (χ2v) is 5.54. The van der Waals surface area contributed by atoms with Gasteiger partial charge in [-0.3, -0.25) is 4.79 Å². The van der Waals surface area contributed by atoms with Gasteiger partial charge in [-0.2, -0.15) is 4.80 Å². The number of hydrogen-bond acceptors (Lipinski definition) is 5. The summed E-state index contributed by atoms with van der Waals surface area (Å²) in [7, 11) is 0. The van der Waals surface area contributed by atoms with Crippen LogP contribution in [-0.4, -0.2) is 39.1 Å². The van der Waals surface area contributed by atoms with Crippen LogP contribution < -0.4 is 5.32 Å². The van der Waals surface area contributed by atoms with Crippen LogP contribution in [0.1, 0.15) is 31.2 Å². The highest BCUT2D eigenvalue weighted by Gasteiger charge is 2.39. The lowest BCUT2D eigenvalue weighted by molar-refractivity contribution is -0.117. The zero-order chi connectivity index (χ0) is 14.7. The number of piperidine rings is 1. The predicted molar refractivity (Wildman–Crippen MR) is 77.8 cm³/mol. The molecule has 21 heavy (non-hydrogen) atoms. The highest BCUT2D eigenvalue weighted by atomic mass is 16.1. The number of aromatic nitrogens is 4. The van der Waals surface area contributed by atoms with Gasteiger partial charge in [0.05, 0.1) is 5.41 Å². The first-order valence-corrected chi connectivity index (χ1v) is 7.25. The predicted octanol–water partition coefficient (Wildman–Crippen LogP) is 0.932. The van der Waals surface area contributed by atoms with Gasteiger partial charge in [0.2, 0.25) is 0 Å². The Morgan fingerprint density at radius 1 is 1.29 bits per heavy atom. The fourth-order valence-corrected chi connectivity index (χ4v) is 2.95. The van der Waals surface area contributed by atoms with Gasteiger partial charge in [-0.05, 0) is 43.6 Å². The van der Waals surface area contributed by atoms with Crippen LogP contribution in [0.4, 0.5) is 0 Å². The van der Waals surface area contributed by atoms with Gasteiger partial charge in [0.15, 0.2) is 11.6 Å². The van der Waals surface area contributed by atoms with Crippen LogP contribution in [0.25, 0.3) is 0 Å². The van der Waals surface area contributed by atoms with Crippen LogP contribution >= 0.6 is 0 Å². The van der Waals surface area contributed by atoms with E-state index in [9.17, 15) is 4.79 Å². The Labute approximate surface area is 123 Å². The van der Waals surface area contributed by atoms with Gasteiger partial charge < -0.3 is 5.32 Å². The zero-order valence-corrected chi connectivity index (χ0v) is 12.1. The second kappa shape index (κ2) is 5.73. The molecule has 0 aliphatic carbocycles. The maximum atomic E-state index is 11.2. The minimum absolute atomic E-state index is 0.0259. The molecular weight excluding hydrogens is 266 g/mol. The molecule has 0 atom stereocenters. The Bertz CT molecular complexity index is 616. The number of hydrogen-bond donors (Lipinski definition) is 1. The van der Waals surface area contributed by atoms with Crippen molar-refractivity contribution in [3.8, 4) is 0 Å². The van der Waals surface area contributed by atoms with Crippen LogP contribution in [0, 0.1) is 0 Å². The zero-order valence-electron chi connectivity index (χ0n) is 12.1. The summed E-state index contributed by atoms with van der Waals surface area (Å²) in [5, 5.41) is 16.1. The minimum atomic E-state index is -0.207. The highest BCUT2D eigenvalue weighted by molar-refractivity contribution is 5.74. The molecule has 3 rings (SSSR count). The van der Waals surface area contributed by atoms with Crippen LogP contribution in [0.3, 0.4) is 0 Å². The quantitative estimate of drug-likeness (QED) is 0.905. The molecule has 2 aromatic rings. The van der Waals surface area contributed by atoms with Crippen molar-refractivity contribution in [2.75, 3.05) is 13.1 Å². The first kappa shape index (κ1) is 13.9. The van der Waals surface area contributed by atoms with Crippen molar-refractivity contribution < 1.29 is 4.79 Å². The summed E-state index contributed by atoms with van der Waals surface area (Å²) in [5.41, 5.74) is 1.01. The Hall–Kier alpha value is -2.08. The number of rotatable bonds is 4. The van der Waals surface area contributed by atoms with E-state index in [2.05, 4.69) is 32.9 Å². The molecule has 1 aromatic heterocycles. The molecule has 1 fully saturated rings. The smallest absolute Gasteiger partial charge is 0.185 e. The van der Waals surface area contributed by atoms with Crippen LogP contribution in [-0.2, 0) is 16.8 Å². The molecule has 1 aliphatic rings. The number of carbonyl (C=O) groups excluding carboxylic acids is 1. The van der Waals surface area contributed by atoms with E-state index in [0.717, 1.165) is 31.8 Å². The van der Waals surface area contributed by atoms with Crippen molar-refractivity contribution >= 4 is 5.78 Å². The van der Waals surface area contributed by atoms with E-state index in [0.29, 0.717) is 0 Å². The molecule has 1 aliphatic heterocycles. The molecule has 1 N–H and O–H groups in total. The number of carbonyl (C=O) groups is 1. The van der Waals surface area contributed by atoms with Gasteiger partial charge >= 0.3 is 0 Å². The van der Waals surface area contributed by atoms with Gasteiger partial charge in [-0.15, -0.1) is 10.2 Å². The summed E-state index contributed by atoms with van der Waals surface area (Å²) < 4.78 is 0. The summed E-state index contributed by atoms with van der Waals surface area (Å²) >= 11 is 0. The normalized spacial score (nSPS) is 17.6. The summed E-state index contributed by atoms with van der Waals surface area (Å²) in [6.45, 7) is 3.56. The fraction of sp³-hybridized carbons (Fsp3) is 0.467. The number of benzene rings is 1. The Balaban J connectivity index is 1.99. The van der Waals surface area contributed by atoms with Crippen molar-refractivity contribution in [2.24, 2.45) is 0 Å². The standard InChI is InChI=1S/C15H19N5O/c1-12(21)11-20-18-14(17-19-20)15(7-9-16-10-8-15)13-5-3-2-4-6-13/h2-6,16H,7-11H2,1H3. The number of nitrogens with one attached hydrogen (secondary N) is 1. The maximum absolute atomic E-state index is 11.2. The van der Waals surface area contributed by atoms with Gasteiger partial charge in [0.25, 0.3) is 0 Å². The molecule has 110 valence electrons. The van der Waals surface area contributed by atoms with E-state index in [1.807, 2.05) is 18.2 Å². The van der Waals surface area contributed by atoms with Gasteiger partial charge in [0, 0.05) is 0 Å². The molecule has 0 spiro atoms. The molecule has 0 amide bonds. The van der Waals surface area contributed by atoms with E-state index < -0.39 is 0 Å². The van der Waals surface area contributed by atoms with E-state index in [-0.39, 0.29) is 17.7 Å². The van der Waals surface area contributed by atoms with Gasteiger partial charge in [-0.1, -0.05) is 30.3 Å². The molecule has 6 heteroatoms. The van der Waals surface area contributed by atoms with Crippen molar-refractivity contribution in [1.29, 1.82) is 0 Å². The molecule has 0 radical (unpaired) electrons. The Morgan fingerprint density at radius 2 is 2.00 bits per heavy atom. The largest absolute Gasteiger partial charge is 0.317 e. The molecular formula is C15H19N5O. The molecule has 6 nitrogen and oxygen atoms in total. The average Bonchev–Trinajstić information content (AvgIpc) is 2.97. The van der Waals surface area contributed by atoms with Crippen LogP contribution in [0.15, 0.2) is 30.3 Å². The van der Waals surface area contributed by atoms with E-state index in [1.54, 1.807) is 0 Å². The Morgan fingerprint density at radius 3 is 2.67 bits per heavy atom. The van der Waals surface area contributed by atoms with E-state index in [4.69, 9.17) is 0 Å². The lowest BCUT2D eigenvalue weighted by Gasteiger charge is -2.35. The van der Waals surface area contributed by atoms with Crippen LogP contribution in [0.5, 0.6) is 0 Å². The van der Waals surface area contributed by atoms with Gasteiger partial charge in [0.1, 0.15) is 6.54 Å². The van der Waals surface area contributed by atoms with Crippen molar-refractivity contribution in [2.45, 2.75) is 31.7 Å². The van der Waals surface area contributed by atoms with Crippen LogP contribution in [0.2, 0.25) is 0 Å². The fourth-order valence-electron chi connectivity index (χ4n) is 2.95. The van der Waals surface area contributed by atoms with Gasteiger partial charge in [-0.25, -0.2) is 0 Å². The third-order valence-corrected chi connectivity index (χ3v) is 4.03. The van der Waals surface area contributed by atoms with Crippen molar-refractivity contribution in [3.63, 3.8) is 0 Å². The Kier molecular flexibility index (Phi) is 3.79. The molecule has 2 heterocycles. The molecule has 0 bridgehead atoms. The number of Topliss-reactive ketones (excluding diaryl/α,β-unsaturated/α-hetero) is 1. The lowest BCUT2D eigenvalue weighted by Crippen LogP contribution is -2.41. The number of nitrogens with zero attached hydrogens (tertiary/aromatic N) is 4. The monoisotopic (exact) mass is 285 g/mol. The summed E-state index contributed by atoms with van der Waals surface area (Å²) in [4.78, 5) is 12.6. The summed E-state index contributed by atoms with van der Waals surface area (Å²) in [5.74, 6) is 0.745. The molecule has 1 aromatic carbocycles. The van der Waals surface area contributed by atoms with E-state index >= 15 is 0 Å². The molecule has 1 saturated heterocycles. The van der Waals surface area contributed by atoms with Crippen molar-refractivity contribution in [1.82, 2.24) is 25.5 Å². The third kappa shape index (κ3) is 2.71. The first-order valence-electron chi connectivity index (χ1n) is 7.25. The van der Waals surface area contributed by atoms with Crippen molar-refractivity contribution in [3.05, 3.63) is 41.7 Å².